The van der Waals surface area contributed by atoms with E-state index in [2.05, 4.69) is 10.3 Å². The van der Waals surface area contributed by atoms with Crippen molar-refractivity contribution in [3.63, 3.8) is 0 Å². The van der Waals surface area contributed by atoms with Crippen LogP contribution < -0.4 is 5.32 Å². The molecule has 1 heterocycles. The summed E-state index contributed by atoms with van der Waals surface area (Å²) in [6, 6.07) is 10.2. The minimum Gasteiger partial charge on any atom is -0.390 e. The first-order valence-corrected chi connectivity index (χ1v) is 14.5. The number of aliphatic hydroxyl groups excluding tert-OH is 1. The van der Waals surface area contributed by atoms with Crippen molar-refractivity contribution in [2.45, 2.75) is 54.0 Å². The topological polar surface area (TPSA) is 117 Å². The maximum atomic E-state index is 13.8. The molecule has 3 N–H and O–H groups in total. The van der Waals surface area contributed by atoms with Crippen LogP contribution >= 0.6 is 11.6 Å². The Morgan fingerprint density at radius 1 is 1.05 bits per heavy atom. The molecule has 0 radical (unpaired) electrons. The number of fused-ring (bicyclic) bond motifs is 2. The number of nitrogens with one attached hydrogen (secondary N) is 1. The monoisotopic (exact) mass is 576 g/mol. The average Bonchev–Trinajstić information content (AvgIpc) is 3.07. The molecule has 5 atom stereocenters. The highest BCUT2D eigenvalue weighted by atomic mass is 35.5. The van der Waals surface area contributed by atoms with Gasteiger partial charge in [-0.2, -0.15) is 0 Å². The van der Waals surface area contributed by atoms with E-state index in [-0.39, 0.29) is 40.4 Å². The summed E-state index contributed by atoms with van der Waals surface area (Å²) in [5.41, 5.74) is -0.603. The second kappa shape index (κ2) is 10.6. The van der Waals surface area contributed by atoms with E-state index in [1.54, 1.807) is 24.5 Å². The van der Waals surface area contributed by atoms with Gasteiger partial charge < -0.3 is 15.5 Å². The van der Waals surface area contributed by atoms with Crippen LogP contribution in [0.15, 0.2) is 65.8 Å². The average molecular weight is 577 g/mol. The summed E-state index contributed by atoms with van der Waals surface area (Å²) in [4.78, 5) is 16.5. The normalized spacial score (nSPS) is 25.3. The number of anilines is 1. The van der Waals surface area contributed by atoms with E-state index in [9.17, 15) is 32.2 Å². The predicted octanol–water partition coefficient (Wildman–Crippen LogP) is 4.56. The molecule has 39 heavy (non-hydrogen) atoms. The Morgan fingerprint density at radius 3 is 2.36 bits per heavy atom. The molecule has 2 saturated carbocycles. The standard InChI is InChI=1S/C28H27ClF2N2O5S/c29-22-5-1-17(27(35)33-20-4-6-23(30)24(31)15-20)12-25(22)39(37,38)21-13-18-2-3-19(14-21)28(18,36)26(34)11-16-7-9-32-10-8-16/h1,4-10,12,15,18-19,21,26,34,36H,2-3,11,13-14H2,(H,33,35)/t18-,19?,21-,26?,28-/m0/s1. The molecular formula is C28H27ClF2N2O5S. The molecule has 2 aliphatic carbocycles. The molecular weight excluding hydrogens is 550 g/mol. The van der Waals surface area contributed by atoms with E-state index in [0.29, 0.717) is 12.8 Å². The van der Waals surface area contributed by atoms with E-state index in [1.807, 2.05) is 0 Å². The number of rotatable bonds is 7. The molecule has 206 valence electrons. The van der Waals surface area contributed by atoms with Crippen LogP contribution in [0.5, 0.6) is 0 Å². The fourth-order valence-corrected chi connectivity index (χ4v) is 8.47. The van der Waals surface area contributed by atoms with Crippen LogP contribution in [0.1, 0.15) is 41.6 Å². The molecule has 1 aromatic heterocycles. The highest BCUT2D eigenvalue weighted by Gasteiger charge is 2.58. The fourth-order valence-electron chi connectivity index (χ4n) is 6.06. The van der Waals surface area contributed by atoms with Crippen molar-refractivity contribution in [1.29, 1.82) is 0 Å². The van der Waals surface area contributed by atoms with Crippen LogP contribution in [0.2, 0.25) is 5.02 Å². The fraction of sp³-hybridized carbons (Fsp3) is 0.357. The minimum atomic E-state index is -4.02. The number of nitrogens with zero attached hydrogens (tertiary/aromatic N) is 1. The number of amides is 1. The zero-order valence-electron chi connectivity index (χ0n) is 20.7. The first kappa shape index (κ1) is 27.6. The first-order valence-electron chi connectivity index (χ1n) is 12.6. The number of carbonyl (C=O) groups excluding carboxylic acids is 1. The Bertz CT molecular complexity index is 1490. The van der Waals surface area contributed by atoms with E-state index < -0.39 is 56.2 Å². The van der Waals surface area contributed by atoms with Gasteiger partial charge in [0, 0.05) is 36.1 Å². The van der Waals surface area contributed by atoms with Gasteiger partial charge in [-0.15, -0.1) is 0 Å². The number of carbonyl (C=O) groups is 1. The summed E-state index contributed by atoms with van der Waals surface area (Å²) in [5.74, 6) is -3.76. The van der Waals surface area contributed by atoms with Crippen molar-refractivity contribution in [2.24, 2.45) is 11.8 Å². The summed E-state index contributed by atoms with van der Waals surface area (Å²) in [6.45, 7) is 0. The van der Waals surface area contributed by atoms with E-state index >= 15 is 0 Å². The van der Waals surface area contributed by atoms with Gasteiger partial charge in [-0.3, -0.25) is 9.78 Å². The number of hydrogen-bond acceptors (Lipinski definition) is 6. The van der Waals surface area contributed by atoms with Crippen LogP contribution in [-0.2, 0) is 16.3 Å². The Labute approximate surface area is 229 Å². The second-order valence-electron chi connectivity index (χ2n) is 10.3. The SMILES string of the molecule is O=C(Nc1ccc(F)c(F)c1)c1ccc(Cl)c(S(=O)(=O)[C@@H]2CC3CC[C@@H](C2)[C@@]3(O)C(O)Cc2ccncc2)c1. The lowest BCUT2D eigenvalue weighted by molar-refractivity contribution is -0.141. The number of aromatic nitrogens is 1. The van der Waals surface area contributed by atoms with Gasteiger partial charge in [0.1, 0.15) is 0 Å². The van der Waals surface area contributed by atoms with Gasteiger partial charge in [0.05, 0.1) is 26.9 Å². The predicted molar refractivity (Wildman–Crippen MR) is 141 cm³/mol. The Balaban J connectivity index is 1.35. The molecule has 2 aliphatic rings. The number of hydrogen-bond donors (Lipinski definition) is 3. The summed E-state index contributed by atoms with van der Waals surface area (Å²) in [6.07, 6.45) is 3.85. The molecule has 0 aliphatic heterocycles. The summed E-state index contributed by atoms with van der Waals surface area (Å²) < 4.78 is 54.3. The third-order valence-corrected chi connectivity index (χ3v) is 10.7. The van der Waals surface area contributed by atoms with Crippen molar-refractivity contribution in [2.75, 3.05) is 5.32 Å². The van der Waals surface area contributed by atoms with E-state index in [1.165, 1.54) is 24.3 Å². The van der Waals surface area contributed by atoms with Crippen LogP contribution in [-0.4, -0.2) is 46.5 Å². The van der Waals surface area contributed by atoms with Gasteiger partial charge in [0.2, 0.25) is 0 Å². The quantitative estimate of drug-likeness (QED) is 0.380. The summed E-state index contributed by atoms with van der Waals surface area (Å²) >= 11 is 6.29. The van der Waals surface area contributed by atoms with Crippen LogP contribution in [0.3, 0.4) is 0 Å². The molecule has 3 aromatic rings. The van der Waals surface area contributed by atoms with Gasteiger partial charge in [-0.25, -0.2) is 17.2 Å². The largest absolute Gasteiger partial charge is 0.390 e. The molecule has 11 heteroatoms. The molecule has 0 spiro atoms. The highest BCUT2D eigenvalue weighted by molar-refractivity contribution is 7.92. The van der Waals surface area contributed by atoms with Crippen LogP contribution in [0.25, 0.3) is 0 Å². The first-order chi connectivity index (χ1) is 18.5. The highest BCUT2D eigenvalue weighted by Crippen LogP contribution is 2.54. The number of benzene rings is 2. The van der Waals surface area contributed by atoms with Gasteiger partial charge in [0.25, 0.3) is 5.91 Å². The molecule has 2 bridgehead atoms. The molecule has 7 nitrogen and oxygen atoms in total. The number of pyridine rings is 1. The molecule has 2 fully saturated rings. The zero-order chi connectivity index (χ0) is 27.9. The Hall–Kier alpha value is -2.92. The Kier molecular flexibility index (Phi) is 7.49. The lowest BCUT2D eigenvalue weighted by Crippen LogP contribution is -2.56. The second-order valence-corrected chi connectivity index (χ2v) is 12.9. The minimum absolute atomic E-state index is 0.00622. The smallest absolute Gasteiger partial charge is 0.255 e. The van der Waals surface area contributed by atoms with Crippen molar-refractivity contribution in [1.82, 2.24) is 4.98 Å². The van der Waals surface area contributed by atoms with Crippen molar-refractivity contribution in [3.8, 4) is 0 Å². The third kappa shape index (κ3) is 5.18. The lowest BCUT2D eigenvalue weighted by Gasteiger charge is -2.45. The number of sulfone groups is 1. The molecule has 0 saturated heterocycles. The van der Waals surface area contributed by atoms with Crippen LogP contribution in [0, 0.1) is 23.5 Å². The van der Waals surface area contributed by atoms with Gasteiger partial charge >= 0.3 is 0 Å². The van der Waals surface area contributed by atoms with Crippen molar-refractivity contribution >= 4 is 33.0 Å². The van der Waals surface area contributed by atoms with Gasteiger partial charge in [-0.05, 0) is 85.5 Å². The summed E-state index contributed by atoms with van der Waals surface area (Å²) in [7, 11) is -4.02. The number of halogens is 3. The van der Waals surface area contributed by atoms with E-state index in [0.717, 1.165) is 17.7 Å². The molecule has 2 aromatic carbocycles. The van der Waals surface area contributed by atoms with E-state index in [4.69, 9.17) is 11.6 Å². The van der Waals surface area contributed by atoms with Crippen LogP contribution in [0.4, 0.5) is 14.5 Å². The maximum absolute atomic E-state index is 13.8. The molecule has 5 rings (SSSR count). The maximum Gasteiger partial charge on any atom is 0.255 e. The molecule has 1 amide bonds. The third-order valence-electron chi connectivity index (χ3n) is 8.09. The molecule has 2 unspecified atom stereocenters. The van der Waals surface area contributed by atoms with Gasteiger partial charge in [0.15, 0.2) is 21.5 Å². The number of aliphatic hydroxyl groups is 2. The van der Waals surface area contributed by atoms with Crippen molar-refractivity contribution < 1.29 is 32.2 Å². The van der Waals surface area contributed by atoms with Crippen molar-refractivity contribution in [3.05, 3.63) is 88.7 Å². The lowest BCUT2D eigenvalue weighted by atomic mass is 9.70. The Morgan fingerprint density at radius 2 is 1.72 bits per heavy atom. The van der Waals surface area contributed by atoms with Gasteiger partial charge in [-0.1, -0.05) is 11.6 Å². The zero-order valence-corrected chi connectivity index (χ0v) is 22.3. The summed E-state index contributed by atoms with van der Waals surface area (Å²) in [5, 5.41) is 24.2.